The molecule has 2 amide bonds. The normalized spacial score (nSPS) is 14.1. The van der Waals surface area contributed by atoms with Gasteiger partial charge in [0.1, 0.15) is 17.8 Å². The van der Waals surface area contributed by atoms with E-state index in [4.69, 9.17) is 11.6 Å². The van der Waals surface area contributed by atoms with Gasteiger partial charge in [-0.1, -0.05) is 23.7 Å². The number of hydrogen-bond acceptors (Lipinski definition) is 5. The molecule has 0 spiro atoms. The standard InChI is InChI=1S/C19H22ClN5O2/c1-14(26)24-7-9-25(10-8-24)18-12-17(22-13-23-18)19(27)21-6-5-15-3-2-4-16(20)11-15/h2-4,11-13H,5-10H2,1H3,(H,21,27). The molecule has 142 valence electrons. The minimum Gasteiger partial charge on any atom is -0.353 e. The summed E-state index contributed by atoms with van der Waals surface area (Å²) in [5, 5.41) is 3.56. The van der Waals surface area contributed by atoms with E-state index in [2.05, 4.69) is 20.2 Å². The SMILES string of the molecule is CC(=O)N1CCN(c2cc(C(=O)NCCc3cccc(Cl)c3)ncn2)CC1. The van der Waals surface area contributed by atoms with Gasteiger partial charge in [-0.15, -0.1) is 0 Å². The van der Waals surface area contributed by atoms with Gasteiger partial charge in [-0.05, 0) is 24.1 Å². The molecule has 1 aliphatic rings. The third kappa shape index (κ3) is 5.17. The van der Waals surface area contributed by atoms with Crippen molar-refractivity contribution in [3.05, 3.63) is 52.9 Å². The van der Waals surface area contributed by atoms with E-state index < -0.39 is 0 Å². The summed E-state index contributed by atoms with van der Waals surface area (Å²) in [6.45, 7) is 4.75. The van der Waals surface area contributed by atoms with Crippen LogP contribution in [0, 0.1) is 0 Å². The maximum atomic E-state index is 12.4. The molecule has 1 saturated heterocycles. The fraction of sp³-hybridized carbons (Fsp3) is 0.368. The van der Waals surface area contributed by atoms with Crippen LogP contribution in [0.4, 0.5) is 5.82 Å². The number of hydrogen-bond donors (Lipinski definition) is 1. The maximum Gasteiger partial charge on any atom is 0.270 e. The Morgan fingerprint density at radius 2 is 1.93 bits per heavy atom. The Balaban J connectivity index is 1.55. The van der Waals surface area contributed by atoms with Gasteiger partial charge in [-0.2, -0.15) is 0 Å². The molecule has 1 aromatic carbocycles. The lowest BCUT2D eigenvalue weighted by atomic mass is 10.1. The topological polar surface area (TPSA) is 78.4 Å². The predicted octanol–water partition coefficient (Wildman–Crippen LogP) is 1.77. The largest absolute Gasteiger partial charge is 0.353 e. The number of carbonyl (C=O) groups is 2. The quantitative estimate of drug-likeness (QED) is 0.845. The highest BCUT2D eigenvalue weighted by molar-refractivity contribution is 6.30. The molecule has 3 rings (SSSR count). The third-order valence-electron chi connectivity index (χ3n) is 4.52. The molecule has 2 aromatic rings. The predicted molar refractivity (Wildman–Crippen MR) is 104 cm³/mol. The summed E-state index contributed by atoms with van der Waals surface area (Å²) >= 11 is 5.97. The second kappa shape index (κ2) is 8.81. The first-order valence-corrected chi connectivity index (χ1v) is 9.26. The Morgan fingerprint density at radius 3 is 2.63 bits per heavy atom. The zero-order valence-corrected chi connectivity index (χ0v) is 15.9. The highest BCUT2D eigenvalue weighted by Gasteiger charge is 2.20. The van der Waals surface area contributed by atoms with Crippen LogP contribution in [0.3, 0.4) is 0 Å². The van der Waals surface area contributed by atoms with Gasteiger partial charge in [0.15, 0.2) is 0 Å². The summed E-state index contributed by atoms with van der Waals surface area (Å²) in [6, 6.07) is 9.27. The first-order valence-electron chi connectivity index (χ1n) is 8.88. The number of aromatic nitrogens is 2. The Labute approximate surface area is 163 Å². The Bertz CT molecular complexity index is 821. The van der Waals surface area contributed by atoms with Crippen LogP contribution < -0.4 is 10.2 Å². The second-order valence-electron chi connectivity index (χ2n) is 6.39. The number of rotatable bonds is 5. The van der Waals surface area contributed by atoms with E-state index >= 15 is 0 Å². The second-order valence-corrected chi connectivity index (χ2v) is 6.83. The Hall–Kier alpha value is -2.67. The molecule has 0 unspecified atom stereocenters. The molecule has 0 atom stereocenters. The van der Waals surface area contributed by atoms with E-state index in [9.17, 15) is 9.59 Å². The summed E-state index contributed by atoms with van der Waals surface area (Å²) in [4.78, 5) is 36.0. The van der Waals surface area contributed by atoms with Gasteiger partial charge in [-0.25, -0.2) is 9.97 Å². The lowest BCUT2D eigenvalue weighted by Crippen LogP contribution is -2.48. The van der Waals surface area contributed by atoms with Crippen molar-refractivity contribution >= 4 is 29.2 Å². The number of nitrogens with zero attached hydrogens (tertiary/aromatic N) is 4. The molecule has 1 fully saturated rings. The van der Waals surface area contributed by atoms with E-state index in [0.29, 0.717) is 55.7 Å². The van der Waals surface area contributed by atoms with Crippen LogP contribution >= 0.6 is 11.6 Å². The first-order chi connectivity index (χ1) is 13.0. The van der Waals surface area contributed by atoms with Crippen LogP contribution in [0.25, 0.3) is 0 Å². The van der Waals surface area contributed by atoms with Crippen molar-refractivity contribution in [1.82, 2.24) is 20.2 Å². The minimum absolute atomic E-state index is 0.0807. The van der Waals surface area contributed by atoms with E-state index in [-0.39, 0.29) is 11.8 Å². The molecule has 0 bridgehead atoms. The van der Waals surface area contributed by atoms with Crippen molar-refractivity contribution in [1.29, 1.82) is 0 Å². The molecule has 8 heteroatoms. The summed E-state index contributed by atoms with van der Waals surface area (Å²) in [7, 11) is 0. The van der Waals surface area contributed by atoms with Gasteiger partial charge in [0.25, 0.3) is 5.91 Å². The fourth-order valence-corrected chi connectivity index (χ4v) is 3.21. The van der Waals surface area contributed by atoms with Crippen molar-refractivity contribution in [2.24, 2.45) is 0 Å². The van der Waals surface area contributed by atoms with Crippen molar-refractivity contribution < 1.29 is 9.59 Å². The molecule has 1 aromatic heterocycles. The minimum atomic E-state index is -0.233. The van der Waals surface area contributed by atoms with Gasteiger partial charge in [0.2, 0.25) is 5.91 Å². The highest BCUT2D eigenvalue weighted by Crippen LogP contribution is 2.14. The van der Waals surface area contributed by atoms with Gasteiger partial charge < -0.3 is 15.1 Å². The van der Waals surface area contributed by atoms with Crippen LogP contribution in [-0.2, 0) is 11.2 Å². The smallest absolute Gasteiger partial charge is 0.270 e. The average molecular weight is 388 g/mol. The van der Waals surface area contributed by atoms with E-state index in [1.807, 2.05) is 24.3 Å². The zero-order valence-electron chi connectivity index (χ0n) is 15.2. The van der Waals surface area contributed by atoms with Gasteiger partial charge in [0, 0.05) is 50.7 Å². The number of amides is 2. The zero-order chi connectivity index (χ0) is 19.2. The molecular weight excluding hydrogens is 366 g/mol. The number of nitrogens with one attached hydrogen (secondary N) is 1. The van der Waals surface area contributed by atoms with Crippen molar-refractivity contribution in [2.75, 3.05) is 37.6 Å². The lowest BCUT2D eigenvalue weighted by Gasteiger charge is -2.34. The van der Waals surface area contributed by atoms with Crippen molar-refractivity contribution in [2.45, 2.75) is 13.3 Å². The van der Waals surface area contributed by atoms with Crippen molar-refractivity contribution in [3.63, 3.8) is 0 Å². The summed E-state index contributed by atoms with van der Waals surface area (Å²) in [5.41, 5.74) is 1.40. The van der Waals surface area contributed by atoms with Crippen LogP contribution in [0.2, 0.25) is 5.02 Å². The van der Waals surface area contributed by atoms with Crippen LogP contribution in [0.1, 0.15) is 23.0 Å². The molecule has 1 aliphatic heterocycles. The molecular formula is C19H22ClN5O2. The monoisotopic (exact) mass is 387 g/mol. The fourth-order valence-electron chi connectivity index (χ4n) is 3.00. The average Bonchev–Trinajstić information content (AvgIpc) is 2.68. The van der Waals surface area contributed by atoms with Gasteiger partial charge >= 0.3 is 0 Å². The summed E-state index contributed by atoms with van der Waals surface area (Å²) in [5.74, 6) is 0.549. The molecule has 7 nitrogen and oxygen atoms in total. The van der Waals surface area contributed by atoms with Crippen LogP contribution in [0.15, 0.2) is 36.7 Å². The molecule has 27 heavy (non-hydrogen) atoms. The lowest BCUT2D eigenvalue weighted by molar-refractivity contribution is -0.129. The van der Waals surface area contributed by atoms with Gasteiger partial charge in [-0.3, -0.25) is 9.59 Å². The van der Waals surface area contributed by atoms with Gasteiger partial charge in [0.05, 0.1) is 0 Å². The van der Waals surface area contributed by atoms with Crippen LogP contribution in [-0.4, -0.2) is 59.4 Å². The number of benzene rings is 1. The molecule has 0 saturated carbocycles. The van der Waals surface area contributed by atoms with E-state index in [0.717, 1.165) is 5.56 Å². The number of carbonyl (C=O) groups excluding carboxylic acids is 2. The summed E-state index contributed by atoms with van der Waals surface area (Å²) in [6.07, 6.45) is 2.09. The highest BCUT2D eigenvalue weighted by atomic mass is 35.5. The van der Waals surface area contributed by atoms with E-state index in [1.54, 1.807) is 17.9 Å². The Morgan fingerprint density at radius 1 is 1.15 bits per heavy atom. The first kappa shape index (κ1) is 19.1. The molecule has 2 heterocycles. The number of anilines is 1. The van der Waals surface area contributed by atoms with E-state index in [1.165, 1.54) is 6.33 Å². The van der Waals surface area contributed by atoms with Crippen molar-refractivity contribution in [3.8, 4) is 0 Å². The number of piperazine rings is 1. The summed E-state index contributed by atoms with van der Waals surface area (Å²) < 4.78 is 0. The molecule has 0 aliphatic carbocycles. The third-order valence-corrected chi connectivity index (χ3v) is 4.76. The number of halogens is 1. The maximum absolute atomic E-state index is 12.4. The van der Waals surface area contributed by atoms with Crippen LogP contribution in [0.5, 0.6) is 0 Å². The molecule has 1 N–H and O–H groups in total. The molecule has 0 radical (unpaired) electrons. The Kier molecular flexibility index (Phi) is 6.24.